The third kappa shape index (κ3) is 5.14. The van der Waals surface area contributed by atoms with Crippen LogP contribution in [0.25, 0.3) is 163 Å². The molecule has 18 rings (SSSR count). The van der Waals surface area contributed by atoms with Crippen LogP contribution in [0.5, 0.6) is 0 Å². The number of hydrogen-bond donors (Lipinski definition) is 0. The van der Waals surface area contributed by atoms with E-state index in [1.165, 1.54) is 108 Å². The highest BCUT2D eigenvalue weighted by atomic mass is 16.3. The van der Waals surface area contributed by atoms with Gasteiger partial charge in [0.05, 0.1) is 5.69 Å². The highest BCUT2D eigenvalue weighted by Gasteiger charge is 2.30. The number of benzene rings is 14. The molecule has 16 aromatic carbocycles. The fourth-order valence-corrected chi connectivity index (χ4v) is 13.9. The largest absolute Gasteiger partial charge is 0.456 e. The summed E-state index contributed by atoms with van der Waals surface area (Å²) in [4.78, 5) is 2.42. The van der Waals surface area contributed by atoms with Crippen LogP contribution in [0.2, 0.25) is 0 Å². The number of hydrogen-bond acceptors (Lipinski definition) is 3. The lowest BCUT2D eigenvalue weighted by atomic mass is 9.86. The molecule has 2 heterocycles. The molecule has 0 amide bonds. The average Bonchev–Trinajstić information content (AvgIpc) is 4.43. The van der Waals surface area contributed by atoms with Gasteiger partial charge in [-0.3, -0.25) is 0 Å². The summed E-state index contributed by atoms with van der Waals surface area (Å²) in [6.45, 7) is 0. The molecule has 0 N–H and O–H groups in total. The van der Waals surface area contributed by atoms with Gasteiger partial charge in [0.25, 0.3) is 0 Å². The normalized spacial score (nSPS) is 12.5. The molecule has 3 heteroatoms. The van der Waals surface area contributed by atoms with Crippen molar-refractivity contribution in [1.29, 1.82) is 0 Å². The summed E-state index contributed by atoms with van der Waals surface area (Å²) < 4.78 is 13.1. The van der Waals surface area contributed by atoms with E-state index >= 15 is 0 Å². The molecule has 0 fully saturated rings. The van der Waals surface area contributed by atoms with Gasteiger partial charge in [0.1, 0.15) is 22.3 Å². The highest BCUT2D eigenvalue weighted by molar-refractivity contribution is 6.50. The number of fused-ring (bicyclic) bond motifs is 14. The van der Waals surface area contributed by atoms with Gasteiger partial charge >= 0.3 is 0 Å². The first kappa shape index (κ1) is 39.6. The van der Waals surface area contributed by atoms with E-state index in [0.29, 0.717) is 0 Å². The third-order valence-corrected chi connectivity index (χ3v) is 16.8. The Bertz CT molecular complexity index is 5120. The molecule has 0 spiro atoms. The van der Waals surface area contributed by atoms with Crippen LogP contribution in [0.1, 0.15) is 0 Å². The summed E-state index contributed by atoms with van der Waals surface area (Å²) in [5, 5.41) is 27.4. The lowest BCUT2D eigenvalue weighted by molar-refractivity contribution is 0.668. The molecule has 0 saturated heterocycles. The Morgan fingerprint density at radius 3 is 1.17 bits per heavy atom. The van der Waals surface area contributed by atoms with E-state index in [0.717, 1.165) is 72.1 Å². The van der Waals surface area contributed by atoms with E-state index < -0.39 is 0 Å². The summed E-state index contributed by atoms with van der Waals surface area (Å²) in [6, 6.07) is 87.4. The Morgan fingerprint density at radius 2 is 0.613 bits per heavy atom. The summed E-state index contributed by atoms with van der Waals surface area (Å²) >= 11 is 0. The SMILES string of the molecule is c1ccc(N(c2ccccc2)c2ccc3c4c(-c5ccc6oc7ccccc7c6c5)c5c6ccc7c8cccc9cccc(c%10ccc(c5c(-c5ccc%11oc%12ccccc%12c%11c5)c4c4cccc2c43)c6c%107)c98)cc1. The minimum Gasteiger partial charge on any atom is -0.456 e. The Hall–Kier alpha value is -9.96. The van der Waals surface area contributed by atoms with Crippen LogP contribution >= 0.6 is 0 Å². The van der Waals surface area contributed by atoms with Crippen molar-refractivity contribution >= 4 is 158 Å². The number of furan rings is 2. The molecule has 0 aliphatic heterocycles. The molecule has 0 unspecified atom stereocenters. The van der Waals surface area contributed by atoms with Gasteiger partial charge in [-0.25, -0.2) is 0 Å². The van der Waals surface area contributed by atoms with Gasteiger partial charge in [-0.1, -0.05) is 170 Å². The first-order valence-corrected chi connectivity index (χ1v) is 25.9. The smallest absolute Gasteiger partial charge is 0.135 e. The van der Waals surface area contributed by atoms with Crippen molar-refractivity contribution in [1.82, 2.24) is 0 Å². The Labute approximate surface area is 428 Å². The molecule has 0 atom stereocenters. The Kier molecular flexibility index (Phi) is 7.60. The van der Waals surface area contributed by atoms with Crippen molar-refractivity contribution in [2.75, 3.05) is 4.90 Å². The summed E-state index contributed by atoms with van der Waals surface area (Å²) in [7, 11) is 0. The zero-order chi connectivity index (χ0) is 48.6. The van der Waals surface area contributed by atoms with E-state index in [-0.39, 0.29) is 0 Å². The highest BCUT2D eigenvalue weighted by Crippen LogP contribution is 2.58. The van der Waals surface area contributed by atoms with Crippen LogP contribution in [-0.2, 0) is 0 Å². The fourth-order valence-electron chi connectivity index (χ4n) is 13.9. The van der Waals surface area contributed by atoms with Gasteiger partial charge in [-0.05, 0) is 181 Å². The van der Waals surface area contributed by atoms with Crippen LogP contribution in [0.3, 0.4) is 0 Å². The molecular formula is C72H39NO2. The quantitative estimate of drug-likeness (QED) is 0.127. The van der Waals surface area contributed by atoms with Gasteiger partial charge in [0.2, 0.25) is 0 Å². The van der Waals surface area contributed by atoms with Crippen molar-refractivity contribution in [2.24, 2.45) is 0 Å². The van der Waals surface area contributed by atoms with E-state index in [4.69, 9.17) is 8.83 Å². The van der Waals surface area contributed by atoms with Crippen molar-refractivity contribution in [3.05, 3.63) is 237 Å². The summed E-state index contributed by atoms with van der Waals surface area (Å²) in [6.07, 6.45) is 0. The van der Waals surface area contributed by atoms with Gasteiger partial charge in [0.15, 0.2) is 0 Å². The standard InChI is InChI=1S/C72H39NO2/c1-3-16-43(17-4-1)73(44-18-5-2-6-19-44)58-35-34-53-66-51(58)24-13-25-52(66)69-64(41-28-36-61-56(38-41)45-20-7-9-26-59(45)74-61)71-54-32-30-49-47-22-11-14-40-15-12-23-48(63(40)47)50-31-33-55(68(54)67(49)50)72(71)65(70(53)69)42-29-37-62-57(39-42)46-21-8-10-27-60(46)75-62/h1-39H. The third-order valence-electron chi connectivity index (χ3n) is 16.8. The van der Waals surface area contributed by atoms with Crippen LogP contribution in [-0.4, -0.2) is 0 Å². The topological polar surface area (TPSA) is 29.5 Å². The summed E-state index contributed by atoms with van der Waals surface area (Å²) in [5.74, 6) is 0. The first-order chi connectivity index (χ1) is 37.2. The van der Waals surface area contributed by atoms with Crippen LogP contribution in [0.15, 0.2) is 245 Å². The van der Waals surface area contributed by atoms with Crippen molar-refractivity contribution in [3.8, 4) is 22.3 Å². The second-order valence-corrected chi connectivity index (χ2v) is 20.5. The van der Waals surface area contributed by atoms with Crippen molar-refractivity contribution < 1.29 is 8.83 Å². The molecule has 0 saturated carbocycles. The van der Waals surface area contributed by atoms with Crippen molar-refractivity contribution in [3.63, 3.8) is 0 Å². The molecule has 0 bridgehead atoms. The predicted molar refractivity (Wildman–Crippen MR) is 318 cm³/mol. The maximum atomic E-state index is 6.55. The molecule has 0 aliphatic carbocycles. The monoisotopic (exact) mass is 949 g/mol. The molecule has 0 aliphatic rings. The Balaban J connectivity index is 1.08. The molecular weight excluding hydrogens is 911 g/mol. The predicted octanol–water partition coefficient (Wildman–Crippen LogP) is 21.0. The maximum Gasteiger partial charge on any atom is 0.135 e. The summed E-state index contributed by atoms with van der Waals surface area (Å²) in [5.41, 5.74) is 11.7. The van der Waals surface area contributed by atoms with Gasteiger partial charge in [0, 0.05) is 38.3 Å². The molecule has 2 aromatic heterocycles. The minimum atomic E-state index is 0.886. The van der Waals surface area contributed by atoms with E-state index in [1.807, 2.05) is 0 Å². The lowest BCUT2D eigenvalue weighted by Crippen LogP contribution is -2.10. The number of para-hydroxylation sites is 4. The first-order valence-electron chi connectivity index (χ1n) is 25.9. The minimum absolute atomic E-state index is 0.886. The van der Waals surface area contributed by atoms with Crippen LogP contribution in [0.4, 0.5) is 17.1 Å². The number of nitrogens with zero attached hydrogens (tertiary/aromatic N) is 1. The number of anilines is 3. The molecule has 3 nitrogen and oxygen atoms in total. The van der Waals surface area contributed by atoms with Gasteiger partial charge in [-0.2, -0.15) is 0 Å². The van der Waals surface area contributed by atoms with Crippen LogP contribution in [0, 0.1) is 0 Å². The van der Waals surface area contributed by atoms with Gasteiger partial charge < -0.3 is 13.7 Å². The molecule has 344 valence electrons. The van der Waals surface area contributed by atoms with Crippen molar-refractivity contribution in [2.45, 2.75) is 0 Å². The lowest BCUT2D eigenvalue weighted by Gasteiger charge is -2.27. The zero-order valence-electron chi connectivity index (χ0n) is 40.3. The molecule has 75 heavy (non-hydrogen) atoms. The number of rotatable bonds is 5. The Morgan fingerprint density at radius 1 is 0.227 bits per heavy atom. The average molecular weight is 950 g/mol. The van der Waals surface area contributed by atoms with Gasteiger partial charge in [-0.15, -0.1) is 0 Å². The second-order valence-electron chi connectivity index (χ2n) is 20.5. The van der Waals surface area contributed by atoms with E-state index in [1.54, 1.807) is 0 Å². The fraction of sp³-hybridized carbons (Fsp3) is 0. The second kappa shape index (κ2) is 14.4. The van der Waals surface area contributed by atoms with E-state index in [9.17, 15) is 0 Å². The maximum absolute atomic E-state index is 6.55. The van der Waals surface area contributed by atoms with E-state index in [2.05, 4.69) is 241 Å². The zero-order valence-corrected chi connectivity index (χ0v) is 40.3. The molecule has 0 radical (unpaired) electrons. The van der Waals surface area contributed by atoms with Crippen LogP contribution < -0.4 is 4.90 Å². The molecule has 18 aromatic rings.